The van der Waals surface area contributed by atoms with Crippen LogP contribution in [0.3, 0.4) is 0 Å². The fourth-order valence-electron chi connectivity index (χ4n) is 1.99. The summed E-state index contributed by atoms with van der Waals surface area (Å²) in [5.41, 5.74) is 0.663. The molecule has 0 aliphatic carbocycles. The fourth-order valence-corrected chi connectivity index (χ4v) is 2.81. The summed E-state index contributed by atoms with van der Waals surface area (Å²) in [4.78, 5) is 12.3. The Hall–Kier alpha value is -1.06. The van der Waals surface area contributed by atoms with Gasteiger partial charge in [0.05, 0.1) is 0 Å². The van der Waals surface area contributed by atoms with Crippen molar-refractivity contribution in [2.45, 2.75) is 19.9 Å². The van der Waals surface area contributed by atoms with Crippen LogP contribution in [0.25, 0.3) is 10.8 Å². The normalized spacial score (nSPS) is 12.7. The Bertz CT molecular complexity index is 627. The van der Waals surface area contributed by atoms with Crippen molar-refractivity contribution >= 4 is 44.2 Å². The van der Waals surface area contributed by atoms with Crippen molar-refractivity contribution in [3.05, 3.63) is 46.4 Å². The lowest BCUT2D eigenvalue weighted by Gasteiger charge is -2.19. The molecule has 0 aromatic heterocycles. The third-order valence-electron chi connectivity index (χ3n) is 3.35. The van der Waals surface area contributed by atoms with Gasteiger partial charge in [0.15, 0.2) is 0 Å². The van der Waals surface area contributed by atoms with Crippen molar-refractivity contribution in [1.29, 1.82) is 0 Å². The number of hydrogen-bond donors (Lipinski definition) is 1. The number of rotatable bonds is 4. The highest BCUT2D eigenvalue weighted by atomic mass is 79.9. The molecule has 0 bridgehead atoms. The number of fused-ring (bicyclic) bond motifs is 1. The first-order valence-corrected chi connectivity index (χ1v) is 7.90. The number of alkyl halides is 1. The predicted molar refractivity (Wildman–Crippen MR) is 88.5 cm³/mol. The number of halogens is 2. The number of nitrogens with one attached hydrogen (secondary N) is 1. The zero-order chi connectivity index (χ0) is 14.7. The SMILES string of the molecule is CC(C)C(CCl)NC(=O)c1ccc2cc(Br)ccc2c1. The summed E-state index contributed by atoms with van der Waals surface area (Å²) in [5, 5.41) is 5.13. The molecule has 0 radical (unpaired) electrons. The summed E-state index contributed by atoms with van der Waals surface area (Å²) >= 11 is 9.33. The second kappa shape index (κ2) is 6.59. The molecule has 1 unspecified atom stereocenters. The number of benzene rings is 2. The van der Waals surface area contributed by atoms with Gasteiger partial charge < -0.3 is 5.32 Å². The van der Waals surface area contributed by atoms with Crippen molar-refractivity contribution in [3.8, 4) is 0 Å². The Kier molecular flexibility index (Phi) is 5.06. The third-order valence-corrected chi connectivity index (χ3v) is 4.18. The van der Waals surface area contributed by atoms with Crippen molar-refractivity contribution in [2.75, 3.05) is 5.88 Å². The minimum Gasteiger partial charge on any atom is -0.348 e. The maximum Gasteiger partial charge on any atom is 0.251 e. The first-order chi connectivity index (χ1) is 9.51. The maximum absolute atomic E-state index is 12.3. The van der Waals surface area contributed by atoms with Gasteiger partial charge in [-0.1, -0.05) is 41.9 Å². The lowest BCUT2D eigenvalue weighted by molar-refractivity contribution is 0.0931. The minimum atomic E-state index is -0.0748. The molecule has 0 spiro atoms. The van der Waals surface area contributed by atoms with Gasteiger partial charge in [-0.05, 0) is 41.0 Å². The molecule has 106 valence electrons. The topological polar surface area (TPSA) is 29.1 Å². The molecule has 4 heteroatoms. The van der Waals surface area contributed by atoms with Crippen molar-refractivity contribution in [1.82, 2.24) is 5.32 Å². The first-order valence-electron chi connectivity index (χ1n) is 6.57. The van der Waals surface area contributed by atoms with Crippen LogP contribution in [0.1, 0.15) is 24.2 Å². The summed E-state index contributed by atoms with van der Waals surface area (Å²) in [5.74, 6) is 0.659. The van der Waals surface area contributed by atoms with E-state index in [-0.39, 0.29) is 11.9 Å². The van der Waals surface area contributed by atoms with E-state index in [1.807, 2.05) is 50.2 Å². The molecule has 1 N–H and O–H groups in total. The van der Waals surface area contributed by atoms with Crippen LogP contribution in [-0.4, -0.2) is 17.8 Å². The molecule has 0 aliphatic heterocycles. The highest BCUT2D eigenvalue weighted by Crippen LogP contribution is 2.21. The van der Waals surface area contributed by atoms with E-state index in [0.29, 0.717) is 17.4 Å². The van der Waals surface area contributed by atoms with Gasteiger partial charge in [0, 0.05) is 22.0 Å². The monoisotopic (exact) mass is 353 g/mol. The van der Waals surface area contributed by atoms with Gasteiger partial charge >= 0.3 is 0 Å². The second-order valence-corrected chi connectivity index (χ2v) is 6.41. The Labute approximate surface area is 132 Å². The Morgan fingerprint density at radius 1 is 1.20 bits per heavy atom. The average molecular weight is 355 g/mol. The lowest BCUT2D eigenvalue weighted by Crippen LogP contribution is -2.39. The summed E-state index contributed by atoms with van der Waals surface area (Å²) in [6.45, 7) is 4.09. The van der Waals surface area contributed by atoms with Gasteiger partial charge in [-0.25, -0.2) is 0 Å². The van der Waals surface area contributed by atoms with Gasteiger partial charge in [-0.15, -0.1) is 11.6 Å². The summed E-state index contributed by atoms with van der Waals surface area (Å²) in [6, 6.07) is 11.7. The second-order valence-electron chi connectivity index (χ2n) is 5.18. The van der Waals surface area contributed by atoms with E-state index in [4.69, 9.17) is 11.6 Å². The highest BCUT2D eigenvalue weighted by Gasteiger charge is 2.16. The zero-order valence-electron chi connectivity index (χ0n) is 11.5. The number of hydrogen-bond acceptors (Lipinski definition) is 1. The number of carbonyl (C=O) groups is 1. The van der Waals surface area contributed by atoms with Gasteiger partial charge in [-0.2, -0.15) is 0 Å². The van der Waals surface area contributed by atoms with E-state index in [2.05, 4.69) is 21.2 Å². The van der Waals surface area contributed by atoms with Gasteiger partial charge in [0.25, 0.3) is 5.91 Å². The first kappa shape index (κ1) is 15.3. The van der Waals surface area contributed by atoms with E-state index in [9.17, 15) is 4.79 Å². The smallest absolute Gasteiger partial charge is 0.251 e. The molecule has 0 heterocycles. The fraction of sp³-hybridized carbons (Fsp3) is 0.312. The van der Waals surface area contributed by atoms with Crippen molar-refractivity contribution in [3.63, 3.8) is 0 Å². The van der Waals surface area contributed by atoms with Crippen LogP contribution < -0.4 is 5.32 Å². The third kappa shape index (κ3) is 3.53. The van der Waals surface area contributed by atoms with Crippen LogP contribution in [0.15, 0.2) is 40.9 Å². The van der Waals surface area contributed by atoms with Crippen LogP contribution >= 0.6 is 27.5 Å². The quantitative estimate of drug-likeness (QED) is 0.799. The molecule has 1 atom stereocenters. The standard InChI is InChI=1S/C16H17BrClNO/c1-10(2)15(9-18)19-16(20)13-4-3-12-8-14(17)6-5-11(12)7-13/h3-8,10,15H,9H2,1-2H3,(H,19,20). The largest absolute Gasteiger partial charge is 0.348 e. The Morgan fingerprint density at radius 2 is 1.85 bits per heavy atom. The summed E-state index contributed by atoms with van der Waals surface area (Å²) in [6.07, 6.45) is 0. The molecule has 2 rings (SSSR count). The minimum absolute atomic E-state index is 0.00946. The predicted octanol–water partition coefficient (Wildman–Crippen LogP) is 4.60. The van der Waals surface area contributed by atoms with Crippen LogP contribution in [0.4, 0.5) is 0 Å². The maximum atomic E-state index is 12.3. The number of carbonyl (C=O) groups excluding carboxylic acids is 1. The van der Waals surface area contributed by atoms with E-state index in [1.54, 1.807) is 0 Å². The molecular formula is C16H17BrClNO. The average Bonchev–Trinajstić information content (AvgIpc) is 2.43. The van der Waals surface area contributed by atoms with Gasteiger partial charge in [0.1, 0.15) is 0 Å². The van der Waals surface area contributed by atoms with E-state index >= 15 is 0 Å². The van der Waals surface area contributed by atoms with E-state index in [0.717, 1.165) is 15.2 Å². The van der Waals surface area contributed by atoms with Crippen LogP contribution in [0, 0.1) is 5.92 Å². The molecule has 2 aromatic carbocycles. The molecule has 20 heavy (non-hydrogen) atoms. The number of amides is 1. The molecule has 2 nitrogen and oxygen atoms in total. The molecule has 2 aromatic rings. The molecule has 1 amide bonds. The Balaban J connectivity index is 2.24. The zero-order valence-corrected chi connectivity index (χ0v) is 13.8. The van der Waals surface area contributed by atoms with Crippen LogP contribution in [-0.2, 0) is 0 Å². The molecule has 0 aliphatic rings. The summed E-state index contributed by atoms with van der Waals surface area (Å²) < 4.78 is 1.03. The lowest BCUT2D eigenvalue weighted by atomic mass is 10.0. The van der Waals surface area contributed by atoms with Crippen LogP contribution in [0.5, 0.6) is 0 Å². The van der Waals surface area contributed by atoms with E-state index < -0.39 is 0 Å². The molecule has 0 saturated heterocycles. The molecule has 0 saturated carbocycles. The van der Waals surface area contributed by atoms with Crippen molar-refractivity contribution in [2.24, 2.45) is 5.92 Å². The molecule has 0 fully saturated rings. The highest BCUT2D eigenvalue weighted by molar-refractivity contribution is 9.10. The van der Waals surface area contributed by atoms with Crippen molar-refractivity contribution < 1.29 is 4.79 Å². The van der Waals surface area contributed by atoms with E-state index in [1.165, 1.54) is 0 Å². The van der Waals surface area contributed by atoms with Gasteiger partial charge in [0.2, 0.25) is 0 Å². The van der Waals surface area contributed by atoms with Crippen LogP contribution in [0.2, 0.25) is 0 Å². The molecular weight excluding hydrogens is 338 g/mol. The summed E-state index contributed by atoms with van der Waals surface area (Å²) in [7, 11) is 0. The van der Waals surface area contributed by atoms with Gasteiger partial charge in [-0.3, -0.25) is 4.79 Å². The Morgan fingerprint density at radius 3 is 2.50 bits per heavy atom.